The number of fused-ring (bicyclic) bond motifs is 1. The number of methoxy groups -OCH3 is 1. The van der Waals surface area contributed by atoms with Crippen LogP contribution in [0.4, 0.5) is 5.82 Å². The van der Waals surface area contributed by atoms with E-state index >= 15 is 0 Å². The lowest BCUT2D eigenvalue weighted by molar-refractivity contribution is -0.0198. The van der Waals surface area contributed by atoms with E-state index in [4.69, 9.17) is 35.4 Å². The van der Waals surface area contributed by atoms with Gasteiger partial charge in [0.15, 0.2) is 17.4 Å². The third kappa shape index (κ3) is 6.78. The summed E-state index contributed by atoms with van der Waals surface area (Å²) in [6.07, 6.45) is 2.78. The molecule has 0 bridgehead atoms. The quantitative estimate of drug-likeness (QED) is 0.280. The summed E-state index contributed by atoms with van der Waals surface area (Å²) in [6, 6.07) is 0.171. The molecular formula is C18H28ClN5O9P2. The summed E-state index contributed by atoms with van der Waals surface area (Å²) in [6.45, 7) is -0.533. The summed E-state index contributed by atoms with van der Waals surface area (Å²) >= 11 is 6.17. The van der Waals surface area contributed by atoms with Gasteiger partial charge in [0.05, 0.1) is 30.7 Å². The Balaban J connectivity index is 1.46. The van der Waals surface area contributed by atoms with Crippen LogP contribution in [-0.4, -0.2) is 83.3 Å². The fourth-order valence-electron chi connectivity index (χ4n) is 4.36. The van der Waals surface area contributed by atoms with Gasteiger partial charge in [-0.3, -0.25) is 9.13 Å². The van der Waals surface area contributed by atoms with Gasteiger partial charge < -0.3 is 39.1 Å². The molecule has 2 aliphatic rings. The van der Waals surface area contributed by atoms with Gasteiger partial charge in [0.25, 0.3) is 0 Å². The Kier molecular flexibility index (Phi) is 8.19. The van der Waals surface area contributed by atoms with Crippen LogP contribution in [0.5, 0.6) is 0 Å². The highest BCUT2D eigenvalue weighted by Gasteiger charge is 2.39. The summed E-state index contributed by atoms with van der Waals surface area (Å²) in [5.74, 6) is -0.855. The van der Waals surface area contributed by atoms with Crippen molar-refractivity contribution < 1.29 is 42.9 Å². The number of rotatable bonds is 9. The second-order valence-corrected chi connectivity index (χ2v) is 13.0. The predicted molar refractivity (Wildman–Crippen MR) is 123 cm³/mol. The van der Waals surface area contributed by atoms with E-state index in [0.717, 1.165) is 25.7 Å². The van der Waals surface area contributed by atoms with Gasteiger partial charge >= 0.3 is 15.2 Å². The van der Waals surface area contributed by atoms with Crippen LogP contribution in [0.3, 0.4) is 0 Å². The Hall–Kier alpha value is -1.18. The lowest BCUT2D eigenvalue weighted by atomic mass is 9.93. The van der Waals surface area contributed by atoms with Crippen molar-refractivity contribution in [1.82, 2.24) is 19.6 Å². The van der Waals surface area contributed by atoms with Crippen LogP contribution in [0, 0.1) is 0 Å². The number of halogens is 1. The predicted octanol–water partition coefficient (Wildman–Crippen LogP) is 1.68. The highest BCUT2D eigenvalue weighted by Crippen LogP contribution is 2.55. The molecule has 4 atom stereocenters. The van der Waals surface area contributed by atoms with Crippen molar-refractivity contribution in [3.8, 4) is 0 Å². The number of anilines is 1. The lowest BCUT2D eigenvalue weighted by Gasteiger charge is -2.28. The van der Waals surface area contributed by atoms with E-state index in [1.165, 1.54) is 10.7 Å². The third-order valence-corrected chi connectivity index (χ3v) is 9.68. The van der Waals surface area contributed by atoms with Crippen molar-refractivity contribution in [1.29, 1.82) is 0 Å². The highest BCUT2D eigenvalue weighted by atomic mass is 35.5. The molecule has 4 rings (SSSR count). The summed E-state index contributed by atoms with van der Waals surface area (Å²) < 4.78 is 40.4. The molecule has 35 heavy (non-hydrogen) atoms. The molecule has 0 aromatic carbocycles. The fourth-order valence-corrected chi connectivity index (χ4v) is 7.09. The molecule has 17 heteroatoms. The molecule has 14 nitrogen and oxygen atoms in total. The molecule has 1 unspecified atom stereocenters. The van der Waals surface area contributed by atoms with Crippen molar-refractivity contribution in [2.45, 2.75) is 62.6 Å². The zero-order valence-electron chi connectivity index (χ0n) is 18.8. The van der Waals surface area contributed by atoms with Gasteiger partial charge in [-0.2, -0.15) is 4.98 Å². The molecule has 2 aromatic rings. The van der Waals surface area contributed by atoms with E-state index in [1.807, 2.05) is 0 Å². The first-order valence-corrected chi connectivity index (χ1v) is 14.9. The van der Waals surface area contributed by atoms with E-state index < -0.39 is 46.0 Å². The maximum Gasteiger partial charge on any atom is 0.340 e. The number of hydrogen-bond donors (Lipinski definition) is 5. The molecule has 0 spiro atoms. The van der Waals surface area contributed by atoms with Crippen LogP contribution in [0.25, 0.3) is 5.65 Å². The van der Waals surface area contributed by atoms with Gasteiger partial charge in [-0.15, -0.1) is 5.10 Å². The standard InChI is InChI=1S/C18H28ClN5O9P2/c1-31-11-4-2-10(3-5-11)21-16-17-20-7-12(24(17)23-18(19)22-16)14-6-13(25)15(33-14)8-32-35(29,30)9-34(26,27)28/h7,10-11,13-15,25H,2-6,8-9H2,1H3,(H,29,30)(H,21,22,23)(H2,26,27,28)/t10-,11+,13-,14+,15+/m0/s1. The number of nitrogens with one attached hydrogen (secondary N) is 1. The van der Waals surface area contributed by atoms with Crippen LogP contribution in [-0.2, 0) is 23.1 Å². The minimum atomic E-state index is -4.76. The molecule has 1 saturated heterocycles. The molecule has 196 valence electrons. The molecule has 1 aliphatic carbocycles. The van der Waals surface area contributed by atoms with E-state index in [2.05, 4.69) is 20.4 Å². The first kappa shape index (κ1) is 26.9. The van der Waals surface area contributed by atoms with E-state index in [0.29, 0.717) is 17.2 Å². The molecule has 3 heterocycles. The Morgan fingerprint density at radius 2 is 1.97 bits per heavy atom. The van der Waals surface area contributed by atoms with Crippen molar-refractivity contribution in [3.63, 3.8) is 0 Å². The van der Waals surface area contributed by atoms with Crippen molar-refractivity contribution >= 4 is 38.3 Å². The number of imidazole rings is 1. The summed E-state index contributed by atoms with van der Waals surface area (Å²) in [4.78, 5) is 36.2. The van der Waals surface area contributed by atoms with Crippen molar-refractivity contribution in [2.24, 2.45) is 0 Å². The lowest BCUT2D eigenvalue weighted by Crippen LogP contribution is -2.29. The molecule has 2 aromatic heterocycles. The molecule has 0 amide bonds. The van der Waals surface area contributed by atoms with Crippen LogP contribution < -0.4 is 5.32 Å². The Morgan fingerprint density at radius 3 is 2.63 bits per heavy atom. The zero-order chi connectivity index (χ0) is 25.4. The van der Waals surface area contributed by atoms with Gasteiger partial charge in [-0.05, 0) is 37.3 Å². The Labute approximate surface area is 205 Å². The smallest absolute Gasteiger partial charge is 0.340 e. The topological polar surface area (TPSA) is 198 Å². The van der Waals surface area contributed by atoms with Crippen molar-refractivity contribution in [2.75, 3.05) is 24.9 Å². The maximum atomic E-state index is 11.9. The molecule has 2 fully saturated rings. The van der Waals surface area contributed by atoms with Crippen molar-refractivity contribution in [3.05, 3.63) is 17.2 Å². The van der Waals surface area contributed by atoms with Gasteiger partial charge in [0, 0.05) is 19.6 Å². The molecule has 0 radical (unpaired) electrons. The van der Waals surface area contributed by atoms with Gasteiger partial charge in [0.2, 0.25) is 5.28 Å². The molecule has 5 N–H and O–H groups in total. The summed E-state index contributed by atoms with van der Waals surface area (Å²) in [7, 11) is -7.63. The number of aliphatic hydroxyl groups excluding tert-OH is 1. The van der Waals surface area contributed by atoms with E-state index in [-0.39, 0.29) is 23.9 Å². The fraction of sp³-hybridized carbons (Fsp3) is 0.722. The first-order valence-electron chi connectivity index (χ1n) is 11.0. The first-order chi connectivity index (χ1) is 16.4. The normalized spacial score (nSPS) is 29.4. The second-order valence-electron chi connectivity index (χ2n) is 8.71. The van der Waals surface area contributed by atoms with Gasteiger partial charge in [-0.25, -0.2) is 9.50 Å². The van der Waals surface area contributed by atoms with Crippen LogP contribution in [0.2, 0.25) is 5.28 Å². The monoisotopic (exact) mass is 555 g/mol. The Bertz CT molecular complexity index is 1140. The van der Waals surface area contributed by atoms with E-state index in [9.17, 15) is 19.1 Å². The zero-order valence-corrected chi connectivity index (χ0v) is 21.3. The number of aromatic nitrogens is 4. The van der Waals surface area contributed by atoms with E-state index in [1.54, 1.807) is 7.11 Å². The van der Waals surface area contributed by atoms with Gasteiger partial charge in [0.1, 0.15) is 12.2 Å². The minimum Gasteiger partial charge on any atom is -0.390 e. The molecular weight excluding hydrogens is 528 g/mol. The minimum absolute atomic E-state index is 0.0121. The van der Waals surface area contributed by atoms with Crippen LogP contribution in [0.1, 0.15) is 43.9 Å². The number of nitrogens with zero attached hydrogens (tertiary/aromatic N) is 4. The third-order valence-electron chi connectivity index (χ3n) is 6.07. The average molecular weight is 556 g/mol. The largest absolute Gasteiger partial charge is 0.390 e. The number of ether oxygens (including phenoxy) is 2. The summed E-state index contributed by atoms with van der Waals surface area (Å²) in [5, 5.41) is 18.0. The summed E-state index contributed by atoms with van der Waals surface area (Å²) in [5.41, 5.74) is 0.914. The van der Waals surface area contributed by atoms with Crippen LogP contribution in [0.15, 0.2) is 6.20 Å². The number of aliphatic hydroxyl groups is 1. The Morgan fingerprint density at radius 1 is 1.26 bits per heavy atom. The van der Waals surface area contributed by atoms with Crippen LogP contribution >= 0.6 is 26.8 Å². The highest BCUT2D eigenvalue weighted by molar-refractivity contribution is 7.70. The SMILES string of the molecule is CO[C@H]1CC[C@@H](Nc2nc(Cl)nn3c([C@H]4C[C@H](O)[C@@H](COP(=O)(O)CP(=O)(O)O)O4)cnc23)CC1. The number of hydrogen-bond acceptors (Lipinski definition) is 10. The van der Waals surface area contributed by atoms with Gasteiger partial charge in [-0.1, -0.05) is 0 Å². The molecule has 1 aliphatic heterocycles. The maximum absolute atomic E-state index is 11.9. The second kappa shape index (κ2) is 10.7. The average Bonchev–Trinajstić information content (AvgIpc) is 3.34. The molecule has 1 saturated carbocycles.